The number of benzene rings is 1. The molecule has 8 nitrogen and oxygen atoms in total. The number of nitrogens with zero attached hydrogens (tertiary/aromatic N) is 2. The van der Waals surface area contributed by atoms with Gasteiger partial charge in [0, 0.05) is 19.7 Å². The number of aryl methyl sites for hydroxylation is 1. The fourth-order valence-corrected chi connectivity index (χ4v) is 3.81. The van der Waals surface area contributed by atoms with Gasteiger partial charge in [0.2, 0.25) is 0 Å². The Labute approximate surface area is 179 Å². The van der Waals surface area contributed by atoms with E-state index in [1.165, 1.54) is 0 Å². The molecule has 0 spiro atoms. The number of aromatic nitrogens is 2. The Morgan fingerprint density at radius 1 is 1.23 bits per heavy atom. The molecule has 0 aliphatic heterocycles. The first-order valence-electron chi connectivity index (χ1n) is 10.1. The Morgan fingerprint density at radius 2 is 2.06 bits per heavy atom. The normalized spacial score (nSPS) is 17.5. The molecular weight excluding hydrogens is 400 g/mol. The summed E-state index contributed by atoms with van der Waals surface area (Å²) in [4.78, 5) is 28.2. The number of carbonyl (C=O) groups excluding carboxylic acids is 2. The van der Waals surface area contributed by atoms with Crippen LogP contribution in [0.4, 0.5) is 0 Å². The number of hydrogen-bond donors (Lipinski definition) is 0. The highest BCUT2D eigenvalue weighted by Gasteiger charge is 2.37. The van der Waals surface area contributed by atoms with Gasteiger partial charge in [0.1, 0.15) is 18.4 Å². The van der Waals surface area contributed by atoms with E-state index in [4.69, 9.17) is 18.9 Å². The largest absolute Gasteiger partial charge is 0.478 e. The summed E-state index contributed by atoms with van der Waals surface area (Å²) < 4.78 is 23.9. The third-order valence-corrected chi connectivity index (χ3v) is 5.26. The highest BCUT2D eigenvalue weighted by molar-refractivity contribution is 5.77. The van der Waals surface area contributed by atoms with Crippen LogP contribution >= 0.6 is 0 Å². The number of fused-ring (bicyclic) bond motifs is 2. The van der Waals surface area contributed by atoms with Crippen molar-refractivity contribution in [3.8, 4) is 5.75 Å². The molecule has 0 saturated carbocycles. The van der Waals surface area contributed by atoms with E-state index in [-0.39, 0.29) is 6.61 Å². The minimum atomic E-state index is -0.502. The van der Waals surface area contributed by atoms with Gasteiger partial charge in [0.15, 0.2) is 23.8 Å². The van der Waals surface area contributed by atoms with E-state index >= 15 is 0 Å². The van der Waals surface area contributed by atoms with Gasteiger partial charge in [-0.2, -0.15) is 0 Å². The molecule has 0 saturated heterocycles. The van der Waals surface area contributed by atoms with Crippen molar-refractivity contribution in [2.45, 2.75) is 25.6 Å². The van der Waals surface area contributed by atoms with Crippen LogP contribution in [0.1, 0.15) is 33.4 Å². The van der Waals surface area contributed by atoms with Crippen molar-refractivity contribution < 1.29 is 28.5 Å². The monoisotopic (exact) mass is 424 g/mol. The molecule has 0 amide bonds. The van der Waals surface area contributed by atoms with Crippen molar-refractivity contribution in [2.24, 2.45) is 0 Å². The predicted octanol–water partition coefficient (Wildman–Crippen LogP) is 2.71. The molecule has 0 radical (unpaired) electrons. The van der Waals surface area contributed by atoms with Crippen molar-refractivity contribution in [1.29, 1.82) is 0 Å². The van der Waals surface area contributed by atoms with Gasteiger partial charge in [-0.3, -0.25) is 9.20 Å². The number of pyridine rings is 1. The molecule has 162 valence electrons. The van der Waals surface area contributed by atoms with E-state index in [2.05, 4.69) is 4.98 Å². The number of aldehydes is 1. The molecule has 0 fully saturated rings. The maximum absolute atomic E-state index is 12.3. The lowest BCUT2D eigenvalue weighted by Crippen LogP contribution is -2.28. The van der Waals surface area contributed by atoms with E-state index in [9.17, 15) is 9.59 Å². The number of imidazole rings is 1. The number of carbonyl (C=O) groups is 2. The number of ether oxygens (including phenoxy) is 4. The van der Waals surface area contributed by atoms with Crippen molar-refractivity contribution in [1.82, 2.24) is 9.38 Å². The summed E-state index contributed by atoms with van der Waals surface area (Å²) in [5, 5.41) is 0. The predicted molar refractivity (Wildman–Crippen MR) is 111 cm³/mol. The zero-order valence-electron chi connectivity index (χ0n) is 17.4. The summed E-state index contributed by atoms with van der Waals surface area (Å²) in [6, 6.07) is 11.4. The van der Waals surface area contributed by atoms with Crippen molar-refractivity contribution in [2.75, 3.05) is 26.9 Å². The van der Waals surface area contributed by atoms with Crippen LogP contribution in [-0.4, -0.2) is 54.7 Å². The highest BCUT2D eigenvalue weighted by Crippen LogP contribution is 2.38. The van der Waals surface area contributed by atoms with Gasteiger partial charge in [0.25, 0.3) is 0 Å². The molecule has 3 aromatic rings. The molecular formula is C23H24N2O6. The van der Waals surface area contributed by atoms with E-state index in [1.54, 1.807) is 36.8 Å². The van der Waals surface area contributed by atoms with Gasteiger partial charge in [-0.05, 0) is 30.2 Å². The van der Waals surface area contributed by atoms with Gasteiger partial charge in [-0.15, -0.1) is 0 Å². The van der Waals surface area contributed by atoms with Crippen molar-refractivity contribution in [3.63, 3.8) is 0 Å². The fourth-order valence-electron chi connectivity index (χ4n) is 3.81. The summed E-state index contributed by atoms with van der Waals surface area (Å²) in [5.74, 6) is 0.0541. The van der Waals surface area contributed by atoms with Crippen molar-refractivity contribution in [3.05, 3.63) is 65.1 Å². The van der Waals surface area contributed by atoms with Crippen LogP contribution < -0.4 is 4.74 Å². The Bertz CT molecular complexity index is 1090. The maximum Gasteiger partial charge on any atom is 0.332 e. The van der Waals surface area contributed by atoms with Gasteiger partial charge in [-0.1, -0.05) is 24.3 Å². The third kappa shape index (κ3) is 4.30. The molecule has 8 heteroatoms. The first-order valence-corrected chi connectivity index (χ1v) is 10.1. The van der Waals surface area contributed by atoms with Crippen LogP contribution in [0.25, 0.3) is 5.65 Å². The van der Waals surface area contributed by atoms with Crippen LogP contribution in [0.15, 0.2) is 42.6 Å². The molecule has 1 aliphatic rings. The first-order chi connectivity index (χ1) is 15.1. The Hall–Kier alpha value is -3.23. The molecule has 1 aromatic carbocycles. The van der Waals surface area contributed by atoms with Crippen molar-refractivity contribution >= 4 is 17.9 Å². The van der Waals surface area contributed by atoms with Gasteiger partial charge in [-0.25, -0.2) is 9.78 Å². The molecule has 2 heterocycles. The molecule has 0 N–H and O–H groups in total. The number of rotatable bonds is 9. The first kappa shape index (κ1) is 21.0. The Kier molecular flexibility index (Phi) is 6.29. The Balaban J connectivity index is 1.58. The quantitative estimate of drug-likeness (QED) is 0.296. The topological polar surface area (TPSA) is 88.4 Å². The summed E-state index contributed by atoms with van der Waals surface area (Å²) in [5.41, 5.74) is 3.66. The van der Waals surface area contributed by atoms with E-state index in [1.807, 2.05) is 24.3 Å². The highest BCUT2D eigenvalue weighted by atomic mass is 16.6. The van der Waals surface area contributed by atoms with Crippen LogP contribution in [0, 0.1) is 6.92 Å². The minimum Gasteiger partial charge on any atom is -0.478 e. The van der Waals surface area contributed by atoms with Crippen LogP contribution in [0.3, 0.4) is 0 Å². The Morgan fingerprint density at radius 3 is 2.87 bits per heavy atom. The smallest absolute Gasteiger partial charge is 0.332 e. The third-order valence-electron chi connectivity index (χ3n) is 5.26. The number of esters is 1. The molecule has 2 atom stereocenters. The second kappa shape index (κ2) is 9.28. The summed E-state index contributed by atoms with van der Waals surface area (Å²) >= 11 is 0. The molecule has 31 heavy (non-hydrogen) atoms. The lowest BCUT2D eigenvalue weighted by atomic mass is 10.1. The zero-order valence-corrected chi connectivity index (χ0v) is 17.4. The lowest BCUT2D eigenvalue weighted by Gasteiger charge is -2.22. The molecule has 2 aromatic heterocycles. The average Bonchev–Trinajstić information content (AvgIpc) is 3.28. The second-order valence-electron chi connectivity index (χ2n) is 7.28. The number of hydrogen-bond acceptors (Lipinski definition) is 7. The second-order valence-corrected chi connectivity index (χ2v) is 7.28. The summed E-state index contributed by atoms with van der Waals surface area (Å²) in [7, 11) is 1.57. The summed E-state index contributed by atoms with van der Waals surface area (Å²) in [6.07, 6.45) is 2.09. The van der Waals surface area contributed by atoms with Gasteiger partial charge >= 0.3 is 5.97 Å². The van der Waals surface area contributed by atoms with E-state index < -0.39 is 18.2 Å². The molecule has 1 aliphatic carbocycles. The van der Waals surface area contributed by atoms with E-state index in [0.29, 0.717) is 42.4 Å². The maximum atomic E-state index is 12.3. The molecule has 0 unspecified atom stereocenters. The van der Waals surface area contributed by atoms with Crippen LogP contribution in [0.2, 0.25) is 0 Å². The standard InChI is InChI=1S/C23H24N2O6/c1-15-18(13-26)25-9-5-8-19(23(25)24-15)31-22-17-7-4-3-6-16(17)12-20(22)30-21(27)14-29-11-10-28-2/h3-9,13,20,22H,10-12,14H2,1-2H3/t20-,22-/m1/s1. The molecule has 4 rings (SSSR count). The van der Waals surface area contributed by atoms with Crippen LogP contribution in [-0.2, 0) is 25.4 Å². The molecule has 0 bridgehead atoms. The number of methoxy groups -OCH3 is 1. The van der Waals surface area contributed by atoms with Gasteiger partial charge in [0.05, 0.1) is 18.9 Å². The zero-order chi connectivity index (χ0) is 21.8. The SMILES string of the molecule is COCCOCC(=O)O[C@@H]1Cc2ccccc2[C@H]1Oc1cccn2c(C=O)c(C)nc12. The fraction of sp³-hybridized carbons (Fsp3) is 0.348. The van der Waals surface area contributed by atoms with Crippen LogP contribution in [0.5, 0.6) is 5.75 Å². The summed E-state index contributed by atoms with van der Waals surface area (Å²) in [6.45, 7) is 2.35. The minimum absolute atomic E-state index is 0.152. The lowest BCUT2D eigenvalue weighted by molar-refractivity contribution is -0.158. The van der Waals surface area contributed by atoms with Gasteiger partial charge < -0.3 is 18.9 Å². The van der Waals surface area contributed by atoms with E-state index in [0.717, 1.165) is 17.4 Å². The average molecular weight is 424 g/mol.